The second kappa shape index (κ2) is 9.80. The van der Waals surface area contributed by atoms with E-state index in [1.165, 1.54) is 4.57 Å². The van der Waals surface area contributed by atoms with Crippen molar-refractivity contribution in [3.8, 4) is 5.75 Å². The predicted molar refractivity (Wildman–Crippen MR) is 132 cm³/mol. The van der Waals surface area contributed by atoms with E-state index in [9.17, 15) is 9.59 Å². The molecule has 2 aromatic heterocycles. The zero-order valence-electron chi connectivity index (χ0n) is 18.7. The molecule has 2 N–H and O–H groups in total. The molecule has 0 radical (unpaired) electrons. The highest BCUT2D eigenvalue weighted by Gasteiger charge is 2.19. The van der Waals surface area contributed by atoms with Crippen LogP contribution in [0.25, 0.3) is 0 Å². The number of methoxy groups -OCH3 is 1. The molecule has 0 saturated heterocycles. The van der Waals surface area contributed by atoms with E-state index in [0.29, 0.717) is 22.1 Å². The molecule has 10 heteroatoms. The zero-order chi connectivity index (χ0) is 24.2. The summed E-state index contributed by atoms with van der Waals surface area (Å²) in [6.07, 6.45) is 3.12. The van der Waals surface area contributed by atoms with Crippen LogP contribution in [0.5, 0.6) is 5.75 Å². The summed E-state index contributed by atoms with van der Waals surface area (Å²) in [6.45, 7) is 0.236. The van der Waals surface area contributed by atoms with E-state index in [1.807, 2.05) is 12.1 Å². The maximum Gasteiger partial charge on any atom is 0.355 e. The Labute approximate surface area is 200 Å². The summed E-state index contributed by atoms with van der Waals surface area (Å²) < 4.78 is 7.75. The fourth-order valence-electron chi connectivity index (χ4n) is 3.52. The first kappa shape index (κ1) is 23.1. The van der Waals surface area contributed by atoms with Gasteiger partial charge in [0, 0.05) is 18.3 Å². The summed E-state index contributed by atoms with van der Waals surface area (Å²) in [5.74, 6) is 0.847. The Morgan fingerprint density at radius 1 is 0.971 bits per heavy atom. The molecule has 0 bridgehead atoms. The summed E-state index contributed by atoms with van der Waals surface area (Å²) in [7, 11) is 3.27. The Balaban J connectivity index is 1.84. The van der Waals surface area contributed by atoms with Crippen molar-refractivity contribution in [2.75, 3.05) is 24.8 Å². The number of aromatic nitrogens is 4. The third-order valence-corrected chi connectivity index (χ3v) is 5.63. The lowest BCUT2D eigenvalue weighted by atomic mass is 10.2. The number of hydrogen-bond acceptors (Lipinski definition) is 7. The first-order chi connectivity index (χ1) is 16.4. The summed E-state index contributed by atoms with van der Waals surface area (Å²) in [5, 5.41) is 0.567. The van der Waals surface area contributed by atoms with Crippen molar-refractivity contribution < 1.29 is 4.74 Å². The molecule has 0 aliphatic rings. The molecular formula is C24H23ClN6O3. The monoisotopic (exact) mass is 478 g/mol. The Bertz CT molecular complexity index is 1410. The van der Waals surface area contributed by atoms with Crippen molar-refractivity contribution in [3.05, 3.63) is 104 Å². The average molecular weight is 479 g/mol. The Morgan fingerprint density at radius 2 is 1.59 bits per heavy atom. The van der Waals surface area contributed by atoms with Crippen LogP contribution in [0.15, 0.2) is 76.6 Å². The second-order valence-corrected chi connectivity index (χ2v) is 8.05. The van der Waals surface area contributed by atoms with Gasteiger partial charge in [0.05, 0.1) is 37.8 Å². The fraction of sp³-hybridized carbons (Fsp3) is 0.167. The second-order valence-electron chi connectivity index (χ2n) is 7.62. The van der Waals surface area contributed by atoms with Gasteiger partial charge in [0.25, 0.3) is 0 Å². The van der Waals surface area contributed by atoms with Crippen molar-refractivity contribution in [1.29, 1.82) is 0 Å². The zero-order valence-corrected chi connectivity index (χ0v) is 19.4. The number of nitrogens with zero attached hydrogens (tertiary/aromatic N) is 5. The quantitative estimate of drug-likeness (QED) is 0.435. The van der Waals surface area contributed by atoms with Gasteiger partial charge >= 0.3 is 11.4 Å². The molecule has 0 aliphatic carbocycles. The topological polar surface area (TPSA) is 108 Å². The van der Waals surface area contributed by atoms with Crippen LogP contribution < -0.4 is 26.7 Å². The average Bonchev–Trinajstić information content (AvgIpc) is 2.85. The number of ether oxygens (including phenoxy) is 1. The van der Waals surface area contributed by atoms with Crippen molar-refractivity contribution in [2.24, 2.45) is 0 Å². The molecule has 2 aromatic carbocycles. The minimum atomic E-state index is -0.671. The maximum absolute atomic E-state index is 13.6. The number of pyridine rings is 1. The van der Waals surface area contributed by atoms with Crippen LogP contribution in [0.1, 0.15) is 11.1 Å². The highest BCUT2D eigenvalue weighted by atomic mass is 35.5. The summed E-state index contributed by atoms with van der Waals surface area (Å²) >= 11 is 5.96. The maximum atomic E-state index is 13.6. The standard InChI is InChI=1S/C24H23ClN6O3/c1-29(21-13-27-12-11-20(21)26)22-28-23(32)31(15-16-3-7-18(25)8-4-16)24(33)30(22)14-17-5-9-19(34-2)10-6-17/h3-13H,14-15H2,1-2H3,(H2,26,27). The smallest absolute Gasteiger partial charge is 0.355 e. The number of hydrogen-bond donors (Lipinski definition) is 1. The molecule has 2 heterocycles. The van der Waals surface area contributed by atoms with Crippen molar-refractivity contribution in [1.82, 2.24) is 19.1 Å². The van der Waals surface area contributed by atoms with Crippen LogP contribution in [0, 0.1) is 0 Å². The van der Waals surface area contributed by atoms with Gasteiger partial charge in [0.15, 0.2) is 0 Å². The van der Waals surface area contributed by atoms with Crippen LogP contribution in [0.3, 0.4) is 0 Å². The van der Waals surface area contributed by atoms with E-state index >= 15 is 0 Å². The molecule has 4 rings (SSSR count). The summed E-state index contributed by atoms with van der Waals surface area (Å²) in [6, 6.07) is 15.9. The van der Waals surface area contributed by atoms with E-state index in [0.717, 1.165) is 15.7 Å². The normalized spacial score (nSPS) is 10.8. The largest absolute Gasteiger partial charge is 0.497 e. The van der Waals surface area contributed by atoms with Crippen LogP contribution in [-0.2, 0) is 13.1 Å². The van der Waals surface area contributed by atoms with E-state index < -0.39 is 11.4 Å². The molecule has 0 unspecified atom stereocenters. The van der Waals surface area contributed by atoms with Gasteiger partial charge in [-0.1, -0.05) is 35.9 Å². The van der Waals surface area contributed by atoms with Crippen molar-refractivity contribution in [3.63, 3.8) is 0 Å². The van der Waals surface area contributed by atoms with Crippen LogP contribution in [0.4, 0.5) is 17.3 Å². The highest BCUT2D eigenvalue weighted by molar-refractivity contribution is 6.30. The molecular weight excluding hydrogens is 456 g/mol. The number of anilines is 3. The molecule has 0 spiro atoms. The van der Waals surface area contributed by atoms with Gasteiger partial charge in [-0.25, -0.2) is 14.2 Å². The number of nitrogens with two attached hydrogens (primary N) is 1. The molecule has 34 heavy (non-hydrogen) atoms. The number of rotatable bonds is 7. The molecule has 0 amide bonds. The Kier molecular flexibility index (Phi) is 6.65. The van der Waals surface area contributed by atoms with Gasteiger partial charge < -0.3 is 15.4 Å². The first-order valence-electron chi connectivity index (χ1n) is 10.4. The SMILES string of the molecule is COc1ccc(Cn2c(N(C)c3cnccc3N)nc(=O)n(Cc3ccc(Cl)cc3)c2=O)cc1. The lowest BCUT2D eigenvalue weighted by Gasteiger charge is -2.23. The van der Waals surface area contributed by atoms with E-state index in [1.54, 1.807) is 73.9 Å². The van der Waals surface area contributed by atoms with Gasteiger partial charge in [-0.3, -0.25) is 9.55 Å². The van der Waals surface area contributed by atoms with Gasteiger partial charge in [-0.05, 0) is 41.5 Å². The lowest BCUT2D eigenvalue weighted by Crippen LogP contribution is -2.44. The van der Waals surface area contributed by atoms with Gasteiger partial charge in [-0.2, -0.15) is 4.98 Å². The first-order valence-corrected chi connectivity index (χ1v) is 10.8. The van der Waals surface area contributed by atoms with Crippen LogP contribution in [0.2, 0.25) is 5.02 Å². The van der Waals surface area contributed by atoms with Gasteiger partial charge in [0.2, 0.25) is 5.95 Å². The molecule has 9 nitrogen and oxygen atoms in total. The van der Waals surface area contributed by atoms with E-state index in [-0.39, 0.29) is 19.0 Å². The number of halogens is 1. The molecule has 174 valence electrons. The summed E-state index contributed by atoms with van der Waals surface area (Å²) in [5.41, 5.74) is 7.47. The van der Waals surface area contributed by atoms with Crippen LogP contribution in [-0.4, -0.2) is 33.3 Å². The summed E-state index contributed by atoms with van der Waals surface area (Å²) in [4.78, 5) is 36.5. The minimum Gasteiger partial charge on any atom is -0.497 e. The number of nitrogen functional groups attached to an aromatic ring is 1. The van der Waals surface area contributed by atoms with Gasteiger partial charge in [-0.15, -0.1) is 0 Å². The Hall–Kier alpha value is -4.11. The molecule has 0 aliphatic heterocycles. The highest BCUT2D eigenvalue weighted by Crippen LogP contribution is 2.26. The third kappa shape index (κ3) is 4.79. The van der Waals surface area contributed by atoms with Crippen LogP contribution >= 0.6 is 11.6 Å². The van der Waals surface area contributed by atoms with E-state index in [4.69, 9.17) is 22.1 Å². The third-order valence-electron chi connectivity index (χ3n) is 5.38. The van der Waals surface area contributed by atoms with Gasteiger partial charge in [0.1, 0.15) is 5.75 Å². The minimum absolute atomic E-state index is 0.0590. The molecule has 0 atom stereocenters. The molecule has 0 saturated carbocycles. The fourth-order valence-corrected chi connectivity index (χ4v) is 3.65. The van der Waals surface area contributed by atoms with Crippen molar-refractivity contribution in [2.45, 2.75) is 13.1 Å². The lowest BCUT2D eigenvalue weighted by molar-refractivity contribution is 0.414. The number of benzene rings is 2. The Morgan fingerprint density at radius 3 is 2.21 bits per heavy atom. The predicted octanol–water partition coefficient (Wildman–Crippen LogP) is 2.91. The van der Waals surface area contributed by atoms with E-state index in [2.05, 4.69) is 9.97 Å². The molecule has 4 aromatic rings. The van der Waals surface area contributed by atoms with Crippen molar-refractivity contribution >= 4 is 28.9 Å². The molecule has 0 fully saturated rings.